The van der Waals surface area contributed by atoms with Crippen LogP contribution in [0.5, 0.6) is 0 Å². The molecule has 0 unspecified atom stereocenters. The van der Waals surface area contributed by atoms with Crippen LogP contribution in [-0.2, 0) is 25.5 Å². The molecule has 1 amide bonds. The van der Waals surface area contributed by atoms with Gasteiger partial charge in [0.05, 0.1) is 29.7 Å². The summed E-state index contributed by atoms with van der Waals surface area (Å²) in [5.74, 6) is -0.534. The van der Waals surface area contributed by atoms with Crippen LogP contribution in [0.25, 0.3) is 17.3 Å². The highest BCUT2D eigenvalue weighted by Crippen LogP contribution is 2.47. The summed E-state index contributed by atoms with van der Waals surface area (Å²) in [5.41, 5.74) is 5.80. The zero-order valence-electron chi connectivity index (χ0n) is 18.0. The number of esters is 1. The lowest BCUT2D eigenvalue weighted by molar-refractivity contribution is -0.406. The minimum Gasteiger partial charge on any atom is -0.469 e. The molecule has 2 heterocycles. The standard InChI is InChI=1S/C24H23N3O5/c1-32-21(30)8-4-7-20(29)26-12-18-22-15-9-13(28)10-16(15)24-23(17(22)11-25-18)14-5-2-3-6-19(14)27(24)31/h9,11H,2-8,10,12H2,1H3/p+1. The van der Waals surface area contributed by atoms with Gasteiger partial charge in [-0.15, -0.1) is 0 Å². The van der Waals surface area contributed by atoms with Crippen LogP contribution < -0.4 is 15.8 Å². The molecule has 0 spiro atoms. The second-order valence-corrected chi connectivity index (χ2v) is 8.53. The number of carbonyl (C=O) groups is 3. The Bertz CT molecular complexity index is 1290. The molecular formula is C24H24N3O5+. The lowest BCUT2D eigenvalue weighted by Gasteiger charge is -2.09. The zero-order chi connectivity index (χ0) is 22.4. The van der Waals surface area contributed by atoms with Gasteiger partial charge in [-0.25, -0.2) is 0 Å². The van der Waals surface area contributed by atoms with Crippen LogP contribution in [0, 0.1) is 4.91 Å². The summed E-state index contributed by atoms with van der Waals surface area (Å²) in [6.07, 6.45) is 8.05. The molecule has 0 saturated heterocycles. The third-order valence-corrected chi connectivity index (χ3v) is 6.60. The third kappa shape index (κ3) is 3.21. The molecule has 2 aliphatic heterocycles. The molecule has 32 heavy (non-hydrogen) atoms. The van der Waals surface area contributed by atoms with E-state index < -0.39 is 0 Å². The lowest BCUT2D eigenvalue weighted by atomic mass is 9.88. The Labute approximate surface area is 184 Å². The summed E-state index contributed by atoms with van der Waals surface area (Å²) < 4.78 is 5.64. The molecule has 1 N–H and O–H groups in total. The van der Waals surface area contributed by atoms with Crippen LogP contribution in [0.4, 0.5) is 5.69 Å². The molecule has 1 aromatic rings. The number of nitrogens with zero attached hydrogens (tertiary/aromatic N) is 2. The van der Waals surface area contributed by atoms with Crippen LogP contribution in [0.1, 0.15) is 61.6 Å². The minimum absolute atomic E-state index is 0.0213. The van der Waals surface area contributed by atoms with Crippen molar-refractivity contribution in [3.05, 3.63) is 37.7 Å². The number of Topliss-reactive ketones (excluding diaryl/α,β-unsaturated/α-hetero) is 1. The number of nitrogens with one attached hydrogen (secondary N) is 1. The number of carbonyl (C=O) groups excluding carboxylic acids is 3. The highest BCUT2D eigenvalue weighted by molar-refractivity contribution is 6.12. The fourth-order valence-electron chi connectivity index (χ4n) is 5.15. The maximum absolute atomic E-state index is 13.2. The molecule has 5 rings (SSSR count). The summed E-state index contributed by atoms with van der Waals surface area (Å²) in [4.78, 5) is 53.5. The van der Waals surface area contributed by atoms with E-state index in [0.29, 0.717) is 17.8 Å². The highest BCUT2D eigenvalue weighted by atomic mass is 16.5. The number of hydrogen-bond donors (Lipinski definition) is 1. The summed E-state index contributed by atoms with van der Waals surface area (Å²) in [5, 5.41) is 4.48. The van der Waals surface area contributed by atoms with Crippen molar-refractivity contribution >= 4 is 46.9 Å². The first-order chi connectivity index (χ1) is 15.5. The molecule has 0 fully saturated rings. The number of fused-ring (bicyclic) bond motifs is 7. The molecule has 0 atom stereocenters. The first kappa shape index (κ1) is 20.5. The molecule has 0 bridgehead atoms. The number of allylic oxidation sites excluding steroid dienone is 2. The Morgan fingerprint density at radius 2 is 2.03 bits per heavy atom. The number of aliphatic imine (C=N–C) groups is 1. The maximum Gasteiger partial charge on any atom is 0.305 e. The van der Waals surface area contributed by atoms with Crippen LogP contribution in [0.3, 0.4) is 0 Å². The number of amides is 1. The summed E-state index contributed by atoms with van der Waals surface area (Å²) in [6, 6.07) is 0. The van der Waals surface area contributed by atoms with Crippen molar-refractivity contribution in [3.63, 3.8) is 0 Å². The number of hydrogen-bond acceptors (Lipinski definition) is 6. The monoisotopic (exact) mass is 434 g/mol. The van der Waals surface area contributed by atoms with Gasteiger partial charge in [-0.05, 0) is 37.0 Å². The van der Waals surface area contributed by atoms with E-state index >= 15 is 0 Å². The summed E-state index contributed by atoms with van der Waals surface area (Å²) in [6.45, 7) is 0.223. The number of ketones is 1. The fourth-order valence-corrected chi connectivity index (χ4v) is 5.15. The number of ether oxygens (including phenoxy) is 1. The quantitative estimate of drug-likeness (QED) is 0.537. The average Bonchev–Trinajstić information content (AvgIpc) is 3.46. The molecule has 0 saturated carbocycles. The molecule has 8 nitrogen and oxygen atoms in total. The van der Waals surface area contributed by atoms with Gasteiger partial charge in [0.15, 0.2) is 5.78 Å². The van der Waals surface area contributed by atoms with Crippen LogP contribution in [0.15, 0.2) is 10.7 Å². The number of methoxy groups -OCH3 is 1. The molecule has 2 aliphatic carbocycles. The maximum atomic E-state index is 13.2. The third-order valence-electron chi connectivity index (χ3n) is 6.60. The minimum atomic E-state index is -0.338. The highest BCUT2D eigenvalue weighted by Gasteiger charge is 2.45. The second-order valence-electron chi connectivity index (χ2n) is 8.53. The van der Waals surface area contributed by atoms with Gasteiger partial charge >= 0.3 is 5.97 Å². The van der Waals surface area contributed by atoms with Crippen molar-refractivity contribution < 1.29 is 23.9 Å². The molecule has 0 aromatic heterocycles. The largest absolute Gasteiger partial charge is 0.469 e. The van der Waals surface area contributed by atoms with E-state index in [1.54, 1.807) is 12.3 Å². The summed E-state index contributed by atoms with van der Waals surface area (Å²) >= 11 is 0. The molecule has 164 valence electrons. The van der Waals surface area contributed by atoms with Crippen LogP contribution in [0.2, 0.25) is 0 Å². The Hall–Kier alpha value is -3.42. The van der Waals surface area contributed by atoms with E-state index in [1.165, 1.54) is 7.11 Å². The second kappa shape index (κ2) is 7.93. The van der Waals surface area contributed by atoms with E-state index in [4.69, 9.17) is 0 Å². The number of rotatable bonds is 6. The lowest BCUT2D eigenvalue weighted by Crippen LogP contribution is -2.35. The molecule has 1 aromatic carbocycles. The van der Waals surface area contributed by atoms with Gasteiger partial charge in [0.2, 0.25) is 11.6 Å². The number of benzene rings is 1. The van der Waals surface area contributed by atoms with Crippen molar-refractivity contribution in [2.75, 3.05) is 13.7 Å². The number of nitroso groups, excluding NO2 is 1. The molecule has 0 radical (unpaired) electrons. The van der Waals surface area contributed by atoms with Gasteiger partial charge in [-0.3, -0.25) is 19.4 Å². The SMILES string of the molecule is COC(=O)CCCC(=O)NCC1=c2c(c3c(c4c2=CC(=O)C4)[N+](=O)C2=C3CCCC2)C=N1. The predicted octanol–water partition coefficient (Wildman–Crippen LogP) is 1.30. The average molecular weight is 434 g/mol. The Balaban J connectivity index is 1.50. The van der Waals surface area contributed by atoms with E-state index in [0.717, 1.165) is 68.8 Å². The van der Waals surface area contributed by atoms with Crippen molar-refractivity contribution in [3.8, 4) is 0 Å². The van der Waals surface area contributed by atoms with Crippen LogP contribution >= 0.6 is 0 Å². The normalized spacial score (nSPS) is 17.7. The Morgan fingerprint density at radius 3 is 2.84 bits per heavy atom. The van der Waals surface area contributed by atoms with E-state index in [-0.39, 0.29) is 43.5 Å². The van der Waals surface area contributed by atoms with Crippen molar-refractivity contribution in [1.29, 1.82) is 0 Å². The van der Waals surface area contributed by atoms with Crippen LogP contribution in [-0.4, -0.2) is 42.3 Å². The van der Waals surface area contributed by atoms with E-state index in [9.17, 15) is 19.3 Å². The van der Waals surface area contributed by atoms with Gasteiger partial charge in [-0.2, -0.15) is 0 Å². The smallest absolute Gasteiger partial charge is 0.305 e. The molecular weight excluding hydrogens is 410 g/mol. The Morgan fingerprint density at radius 1 is 1.22 bits per heavy atom. The zero-order valence-corrected chi connectivity index (χ0v) is 18.0. The van der Waals surface area contributed by atoms with E-state index in [1.807, 2.05) is 0 Å². The fraction of sp³-hybridized carbons (Fsp3) is 0.417. The predicted molar refractivity (Wildman–Crippen MR) is 117 cm³/mol. The Kier molecular flexibility index (Phi) is 5.07. The first-order valence-corrected chi connectivity index (χ1v) is 11.0. The molecule has 4 aliphatic rings. The van der Waals surface area contributed by atoms with Crippen molar-refractivity contribution in [2.24, 2.45) is 4.99 Å². The van der Waals surface area contributed by atoms with Gasteiger partial charge in [0, 0.05) is 58.7 Å². The van der Waals surface area contributed by atoms with Gasteiger partial charge in [0.1, 0.15) is 0 Å². The van der Waals surface area contributed by atoms with Gasteiger partial charge in [-0.1, -0.05) is 0 Å². The molecule has 8 heteroatoms. The summed E-state index contributed by atoms with van der Waals surface area (Å²) in [7, 11) is 1.32. The topological polar surface area (TPSA) is 105 Å². The van der Waals surface area contributed by atoms with Gasteiger partial charge < -0.3 is 10.1 Å². The van der Waals surface area contributed by atoms with Crippen molar-refractivity contribution in [2.45, 2.75) is 51.4 Å². The van der Waals surface area contributed by atoms with Crippen molar-refractivity contribution in [1.82, 2.24) is 5.32 Å². The van der Waals surface area contributed by atoms with E-state index in [2.05, 4.69) is 15.0 Å². The first-order valence-electron chi connectivity index (χ1n) is 11.0. The van der Waals surface area contributed by atoms with Gasteiger partial charge in [0.25, 0.3) is 5.69 Å².